The largest absolute Gasteiger partial charge is 0.345 e. The van der Waals surface area contributed by atoms with Gasteiger partial charge in [0.2, 0.25) is 0 Å². The molecule has 0 spiro atoms. The molecule has 2 rings (SSSR count). The smallest absolute Gasteiger partial charge is 0.192 e. The van der Waals surface area contributed by atoms with Crippen LogP contribution in [0.15, 0.2) is 29.7 Å². The number of H-pyrrole nitrogens is 1. The van der Waals surface area contributed by atoms with E-state index in [0.717, 1.165) is 5.52 Å². The molecule has 5 nitrogen and oxygen atoms in total. The number of amidine groups is 1. The maximum Gasteiger partial charge on any atom is 0.192 e. The maximum atomic E-state index is 12.1. The Labute approximate surface area is 78.2 Å². The van der Waals surface area contributed by atoms with Crippen LogP contribution in [0.1, 0.15) is 5.56 Å². The first kappa shape index (κ1) is 8.64. The number of halogens is 1. The first-order valence-electron chi connectivity index (χ1n) is 3.88. The minimum atomic E-state index is -0.261. The topological polar surface area (TPSA) is 73.3 Å². The van der Waals surface area contributed by atoms with Gasteiger partial charge in [-0.05, 0) is 12.1 Å². The standard InChI is InChI=1S/C8H7FN4O/c9-12-8(13-14)5-2-1-3-6-7(5)11-4-10-6/h1-4,14H,(H,10,11)(H,12,13). The Balaban J connectivity index is 2.67. The monoisotopic (exact) mass is 194 g/mol. The van der Waals surface area contributed by atoms with Crippen LogP contribution in [0.4, 0.5) is 4.48 Å². The Morgan fingerprint density at radius 3 is 3.14 bits per heavy atom. The van der Waals surface area contributed by atoms with Crippen LogP contribution in [0.3, 0.4) is 0 Å². The van der Waals surface area contributed by atoms with E-state index in [9.17, 15) is 4.48 Å². The highest BCUT2D eigenvalue weighted by atomic mass is 19.2. The fraction of sp³-hybridized carbons (Fsp3) is 0. The van der Waals surface area contributed by atoms with E-state index in [2.05, 4.69) is 15.2 Å². The Morgan fingerprint density at radius 2 is 2.43 bits per heavy atom. The van der Waals surface area contributed by atoms with Gasteiger partial charge in [-0.25, -0.2) is 10.5 Å². The van der Waals surface area contributed by atoms with Gasteiger partial charge in [0.1, 0.15) is 0 Å². The van der Waals surface area contributed by atoms with E-state index in [1.54, 1.807) is 23.7 Å². The van der Waals surface area contributed by atoms with E-state index in [1.807, 2.05) is 0 Å². The highest BCUT2D eigenvalue weighted by Crippen LogP contribution is 2.14. The maximum absolute atomic E-state index is 12.1. The summed E-state index contributed by atoms with van der Waals surface area (Å²) >= 11 is 0. The molecule has 0 fully saturated rings. The summed E-state index contributed by atoms with van der Waals surface area (Å²) in [5.74, 6) is -0.261. The zero-order valence-electron chi connectivity index (χ0n) is 7.03. The van der Waals surface area contributed by atoms with Crippen LogP contribution in [-0.4, -0.2) is 21.0 Å². The molecule has 0 bridgehead atoms. The third-order valence-corrected chi connectivity index (χ3v) is 1.90. The van der Waals surface area contributed by atoms with E-state index in [4.69, 9.17) is 5.21 Å². The molecule has 1 aromatic carbocycles. The molecule has 0 unspecified atom stereocenters. The third kappa shape index (κ3) is 1.21. The van der Waals surface area contributed by atoms with E-state index >= 15 is 0 Å². The zero-order chi connectivity index (χ0) is 9.97. The lowest BCUT2D eigenvalue weighted by Crippen LogP contribution is -2.19. The number of hydrogen-bond donors (Lipinski definition) is 3. The Morgan fingerprint density at radius 1 is 1.57 bits per heavy atom. The predicted octanol–water partition coefficient (Wildman–Crippen LogP) is 1.17. The SMILES string of the molecule is ONC(=NF)c1cccc2[nH]cnc12. The number of rotatable bonds is 1. The number of hydroxylamine groups is 1. The van der Waals surface area contributed by atoms with Crippen molar-refractivity contribution in [3.63, 3.8) is 0 Å². The lowest BCUT2D eigenvalue weighted by Gasteiger charge is -2.01. The lowest BCUT2D eigenvalue weighted by molar-refractivity contribution is 0.232. The van der Waals surface area contributed by atoms with Crippen LogP contribution in [-0.2, 0) is 0 Å². The van der Waals surface area contributed by atoms with Gasteiger partial charge < -0.3 is 4.98 Å². The molecule has 0 saturated heterocycles. The summed E-state index contributed by atoms with van der Waals surface area (Å²) in [5.41, 5.74) is 3.36. The summed E-state index contributed by atoms with van der Waals surface area (Å²) in [5, 5.41) is 11.0. The Bertz CT molecular complexity index is 479. The minimum Gasteiger partial charge on any atom is -0.345 e. The molecule has 0 amide bonds. The third-order valence-electron chi connectivity index (χ3n) is 1.90. The second kappa shape index (κ2) is 3.43. The van der Waals surface area contributed by atoms with Gasteiger partial charge in [-0.15, -0.1) is 0 Å². The summed E-state index contributed by atoms with van der Waals surface area (Å²) in [7, 11) is 0. The summed E-state index contributed by atoms with van der Waals surface area (Å²) in [6.45, 7) is 0. The van der Waals surface area contributed by atoms with Crippen LogP contribution < -0.4 is 5.48 Å². The van der Waals surface area contributed by atoms with E-state index in [0.29, 0.717) is 11.1 Å². The fourth-order valence-electron chi connectivity index (χ4n) is 1.28. The minimum absolute atomic E-state index is 0.261. The van der Waals surface area contributed by atoms with Gasteiger partial charge in [0.05, 0.1) is 17.4 Å². The Kier molecular flexibility index (Phi) is 2.11. The molecule has 2 aromatic rings. The van der Waals surface area contributed by atoms with Crippen molar-refractivity contribution in [1.29, 1.82) is 0 Å². The van der Waals surface area contributed by atoms with Gasteiger partial charge in [-0.3, -0.25) is 5.21 Å². The number of nitrogens with zero attached hydrogens (tertiary/aromatic N) is 2. The van der Waals surface area contributed by atoms with E-state index < -0.39 is 0 Å². The van der Waals surface area contributed by atoms with Crippen molar-refractivity contribution in [2.24, 2.45) is 5.21 Å². The molecule has 1 aromatic heterocycles. The van der Waals surface area contributed by atoms with Gasteiger partial charge in [0, 0.05) is 5.56 Å². The highest BCUT2D eigenvalue weighted by molar-refractivity contribution is 6.07. The van der Waals surface area contributed by atoms with Gasteiger partial charge in [0.15, 0.2) is 5.84 Å². The summed E-state index contributed by atoms with van der Waals surface area (Å²) in [4.78, 5) is 6.85. The number of nitrogens with one attached hydrogen (secondary N) is 2. The Hall–Kier alpha value is -1.95. The number of imidazole rings is 1. The van der Waals surface area contributed by atoms with Crippen LogP contribution in [0.25, 0.3) is 11.0 Å². The van der Waals surface area contributed by atoms with Gasteiger partial charge >= 0.3 is 0 Å². The predicted molar refractivity (Wildman–Crippen MR) is 48.7 cm³/mol. The molecular weight excluding hydrogens is 187 g/mol. The number of aromatic amines is 1. The van der Waals surface area contributed by atoms with Crippen molar-refractivity contribution in [3.8, 4) is 0 Å². The molecule has 1 heterocycles. The van der Waals surface area contributed by atoms with Crippen molar-refractivity contribution in [3.05, 3.63) is 30.1 Å². The number of para-hydroxylation sites is 1. The molecule has 0 aliphatic carbocycles. The lowest BCUT2D eigenvalue weighted by atomic mass is 10.2. The number of aromatic nitrogens is 2. The second-order valence-electron chi connectivity index (χ2n) is 2.65. The molecule has 0 aliphatic rings. The van der Waals surface area contributed by atoms with E-state index in [-0.39, 0.29) is 5.84 Å². The summed E-state index contributed by atoms with van der Waals surface area (Å²) < 4.78 is 12.1. The summed E-state index contributed by atoms with van der Waals surface area (Å²) in [6, 6.07) is 5.10. The molecule has 0 radical (unpaired) electrons. The highest BCUT2D eigenvalue weighted by Gasteiger charge is 2.09. The van der Waals surface area contributed by atoms with E-state index in [1.165, 1.54) is 6.33 Å². The number of fused-ring (bicyclic) bond motifs is 1. The molecular formula is C8H7FN4O. The van der Waals surface area contributed by atoms with Gasteiger partial charge in [0.25, 0.3) is 0 Å². The fourth-order valence-corrected chi connectivity index (χ4v) is 1.28. The molecule has 0 aliphatic heterocycles. The van der Waals surface area contributed by atoms with Gasteiger partial charge in [-0.2, -0.15) is 0 Å². The van der Waals surface area contributed by atoms with Gasteiger partial charge in [-0.1, -0.05) is 15.8 Å². The number of benzene rings is 1. The molecule has 72 valence electrons. The van der Waals surface area contributed by atoms with Crippen LogP contribution in [0, 0.1) is 0 Å². The first-order chi connectivity index (χ1) is 6.86. The molecule has 14 heavy (non-hydrogen) atoms. The average Bonchev–Trinajstić information content (AvgIpc) is 2.68. The quantitative estimate of drug-likeness (QED) is 0.362. The van der Waals surface area contributed by atoms with Crippen LogP contribution >= 0.6 is 0 Å². The molecule has 0 atom stereocenters. The molecule has 6 heteroatoms. The van der Waals surface area contributed by atoms with Crippen LogP contribution in [0.5, 0.6) is 0 Å². The second-order valence-corrected chi connectivity index (χ2v) is 2.65. The van der Waals surface area contributed by atoms with Crippen molar-refractivity contribution < 1.29 is 9.69 Å². The van der Waals surface area contributed by atoms with Crippen molar-refractivity contribution in [1.82, 2.24) is 15.4 Å². The molecule has 0 saturated carbocycles. The first-order valence-corrected chi connectivity index (χ1v) is 3.88. The van der Waals surface area contributed by atoms with Crippen LogP contribution in [0.2, 0.25) is 0 Å². The van der Waals surface area contributed by atoms with Crippen molar-refractivity contribution in [2.45, 2.75) is 0 Å². The number of hydrogen-bond acceptors (Lipinski definition) is 3. The molecule has 3 N–H and O–H groups in total. The normalized spacial score (nSPS) is 12.0. The summed E-state index contributed by atoms with van der Waals surface area (Å²) in [6.07, 6.45) is 1.49. The van der Waals surface area contributed by atoms with Crippen molar-refractivity contribution >= 4 is 16.9 Å². The van der Waals surface area contributed by atoms with Crippen molar-refractivity contribution in [2.75, 3.05) is 0 Å². The zero-order valence-corrected chi connectivity index (χ0v) is 7.03. The average molecular weight is 194 g/mol.